The van der Waals surface area contributed by atoms with Crippen LogP contribution >= 0.6 is 0 Å². The molecule has 0 aliphatic heterocycles. The van der Waals surface area contributed by atoms with Gasteiger partial charge in [0.1, 0.15) is 18.1 Å². The Labute approximate surface area is 167 Å². The van der Waals surface area contributed by atoms with Gasteiger partial charge in [0.15, 0.2) is 5.82 Å². The molecule has 10 heteroatoms. The number of hydrogen-bond donors (Lipinski definition) is 0. The van der Waals surface area contributed by atoms with Crippen molar-refractivity contribution in [3.05, 3.63) is 70.4 Å². The molecule has 0 aliphatic carbocycles. The van der Waals surface area contributed by atoms with E-state index in [1.807, 2.05) is 0 Å². The van der Waals surface area contributed by atoms with Gasteiger partial charge in [-0.05, 0) is 49.2 Å². The van der Waals surface area contributed by atoms with E-state index >= 15 is 0 Å². The first-order valence-electron chi connectivity index (χ1n) is 8.86. The molecule has 0 atom stereocenters. The van der Waals surface area contributed by atoms with Gasteiger partial charge in [0.2, 0.25) is 5.89 Å². The van der Waals surface area contributed by atoms with E-state index < -0.39 is 6.36 Å². The van der Waals surface area contributed by atoms with Gasteiger partial charge >= 0.3 is 6.36 Å². The lowest BCUT2D eigenvalue weighted by Gasteiger charge is -2.11. The van der Waals surface area contributed by atoms with Crippen LogP contribution in [0.15, 0.2) is 51.8 Å². The third kappa shape index (κ3) is 4.02. The standard InChI is InChI=1S/C20H15F3N4O3/c1-11-24-18(30-26-11)10-27-12(2)25-17-8-5-14(9-16(17)19(27)28)13-3-6-15(7-4-13)29-20(21,22)23/h3-9H,10H2,1-2H3. The van der Waals surface area contributed by atoms with Crippen molar-refractivity contribution in [2.75, 3.05) is 0 Å². The van der Waals surface area contributed by atoms with Crippen LogP contribution in [-0.2, 0) is 6.54 Å². The molecule has 30 heavy (non-hydrogen) atoms. The normalized spacial score (nSPS) is 11.8. The fourth-order valence-corrected chi connectivity index (χ4v) is 3.09. The Morgan fingerprint density at radius 1 is 1.03 bits per heavy atom. The van der Waals surface area contributed by atoms with Crippen LogP contribution in [0.5, 0.6) is 5.75 Å². The Balaban J connectivity index is 1.72. The quantitative estimate of drug-likeness (QED) is 0.500. The highest BCUT2D eigenvalue weighted by Crippen LogP contribution is 2.27. The maximum atomic E-state index is 13.0. The summed E-state index contributed by atoms with van der Waals surface area (Å²) >= 11 is 0. The van der Waals surface area contributed by atoms with E-state index in [0.717, 1.165) is 0 Å². The molecule has 0 saturated heterocycles. The molecular weight excluding hydrogens is 401 g/mol. The van der Waals surface area contributed by atoms with Crippen molar-refractivity contribution >= 4 is 10.9 Å². The Bertz CT molecular complexity index is 1280. The van der Waals surface area contributed by atoms with Gasteiger partial charge in [-0.15, -0.1) is 13.2 Å². The van der Waals surface area contributed by atoms with Crippen LogP contribution in [0.4, 0.5) is 13.2 Å². The molecule has 0 amide bonds. The maximum Gasteiger partial charge on any atom is 0.573 e. The van der Waals surface area contributed by atoms with Crippen LogP contribution in [-0.4, -0.2) is 26.1 Å². The van der Waals surface area contributed by atoms with Gasteiger partial charge in [-0.1, -0.05) is 23.4 Å². The lowest BCUT2D eigenvalue weighted by Crippen LogP contribution is -2.24. The lowest BCUT2D eigenvalue weighted by atomic mass is 10.0. The fraction of sp³-hybridized carbons (Fsp3) is 0.200. The molecule has 0 fully saturated rings. The summed E-state index contributed by atoms with van der Waals surface area (Å²) in [4.78, 5) is 21.6. The van der Waals surface area contributed by atoms with E-state index in [4.69, 9.17) is 4.52 Å². The van der Waals surface area contributed by atoms with Crippen LogP contribution in [0.3, 0.4) is 0 Å². The maximum absolute atomic E-state index is 13.0. The van der Waals surface area contributed by atoms with Crippen molar-refractivity contribution < 1.29 is 22.4 Å². The molecule has 4 rings (SSSR count). The summed E-state index contributed by atoms with van der Waals surface area (Å²) in [5, 5.41) is 4.08. The van der Waals surface area contributed by atoms with Crippen molar-refractivity contribution in [1.82, 2.24) is 19.7 Å². The third-order valence-electron chi connectivity index (χ3n) is 4.43. The molecule has 4 aromatic rings. The number of hydrogen-bond acceptors (Lipinski definition) is 6. The van der Waals surface area contributed by atoms with Crippen LogP contribution in [0.2, 0.25) is 0 Å². The molecule has 154 valence electrons. The molecular formula is C20H15F3N4O3. The van der Waals surface area contributed by atoms with E-state index in [1.165, 1.54) is 28.8 Å². The zero-order valence-electron chi connectivity index (χ0n) is 15.9. The summed E-state index contributed by atoms with van der Waals surface area (Å²) in [7, 11) is 0. The molecule has 0 unspecified atom stereocenters. The van der Waals surface area contributed by atoms with E-state index in [0.29, 0.717) is 33.7 Å². The minimum absolute atomic E-state index is 0.0855. The summed E-state index contributed by atoms with van der Waals surface area (Å²) in [5.74, 6) is 0.922. The number of rotatable bonds is 4. The van der Waals surface area contributed by atoms with Crippen molar-refractivity contribution in [2.24, 2.45) is 0 Å². The molecule has 2 heterocycles. The second kappa shape index (κ2) is 7.29. The summed E-state index contributed by atoms with van der Waals surface area (Å²) in [6, 6.07) is 10.5. The first-order valence-corrected chi connectivity index (χ1v) is 8.86. The van der Waals surface area contributed by atoms with Crippen LogP contribution in [0, 0.1) is 13.8 Å². The molecule has 0 bridgehead atoms. The van der Waals surface area contributed by atoms with Crippen LogP contribution in [0.25, 0.3) is 22.0 Å². The van der Waals surface area contributed by atoms with E-state index in [2.05, 4.69) is 19.9 Å². The van der Waals surface area contributed by atoms with Gasteiger partial charge in [-0.25, -0.2) is 4.98 Å². The minimum Gasteiger partial charge on any atom is -0.406 e. The van der Waals surface area contributed by atoms with E-state index in [1.54, 1.807) is 32.0 Å². The third-order valence-corrected chi connectivity index (χ3v) is 4.43. The summed E-state index contributed by atoms with van der Waals surface area (Å²) < 4.78 is 47.4. The Hall–Kier alpha value is -3.69. The summed E-state index contributed by atoms with van der Waals surface area (Å²) in [6.07, 6.45) is -4.75. The smallest absolute Gasteiger partial charge is 0.406 e. The first kappa shape index (κ1) is 19.6. The second-order valence-corrected chi connectivity index (χ2v) is 6.59. The molecule has 0 radical (unpaired) electrons. The predicted octanol–water partition coefficient (Wildman–Crippen LogP) is 4.01. The Morgan fingerprint density at radius 3 is 2.37 bits per heavy atom. The number of benzene rings is 2. The van der Waals surface area contributed by atoms with Gasteiger partial charge in [0.25, 0.3) is 5.56 Å². The second-order valence-electron chi connectivity index (χ2n) is 6.59. The molecule has 0 aliphatic rings. The number of nitrogens with zero attached hydrogens (tertiary/aromatic N) is 4. The van der Waals surface area contributed by atoms with Crippen molar-refractivity contribution in [3.8, 4) is 16.9 Å². The fourth-order valence-electron chi connectivity index (χ4n) is 3.09. The molecule has 0 saturated carbocycles. The minimum atomic E-state index is -4.75. The number of ether oxygens (including phenoxy) is 1. The molecule has 0 spiro atoms. The number of aromatic nitrogens is 4. The average Bonchev–Trinajstić information content (AvgIpc) is 3.09. The SMILES string of the molecule is Cc1noc(Cn2c(C)nc3ccc(-c4ccc(OC(F)(F)F)cc4)cc3c2=O)n1. The Kier molecular flexibility index (Phi) is 4.76. The predicted molar refractivity (Wildman–Crippen MR) is 101 cm³/mol. The topological polar surface area (TPSA) is 83.0 Å². The van der Waals surface area contributed by atoms with Gasteiger partial charge in [0, 0.05) is 0 Å². The molecule has 2 aromatic carbocycles. The highest BCUT2D eigenvalue weighted by Gasteiger charge is 2.31. The Morgan fingerprint density at radius 2 is 1.73 bits per heavy atom. The van der Waals surface area contributed by atoms with Crippen molar-refractivity contribution in [3.63, 3.8) is 0 Å². The highest BCUT2D eigenvalue weighted by atomic mass is 19.4. The van der Waals surface area contributed by atoms with Gasteiger partial charge in [-0.2, -0.15) is 4.98 Å². The lowest BCUT2D eigenvalue weighted by molar-refractivity contribution is -0.274. The zero-order chi connectivity index (χ0) is 21.5. The summed E-state index contributed by atoms with van der Waals surface area (Å²) in [5.41, 5.74) is 1.51. The monoisotopic (exact) mass is 416 g/mol. The number of fused-ring (bicyclic) bond motifs is 1. The van der Waals surface area contributed by atoms with E-state index in [9.17, 15) is 18.0 Å². The van der Waals surface area contributed by atoms with Crippen LogP contribution in [0.1, 0.15) is 17.5 Å². The largest absolute Gasteiger partial charge is 0.573 e. The van der Waals surface area contributed by atoms with Gasteiger partial charge < -0.3 is 9.26 Å². The number of alkyl halides is 3. The van der Waals surface area contributed by atoms with E-state index in [-0.39, 0.29) is 23.7 Å². The van der Waals surface area contributed by atoms with Gasteiger partial charge in [-0.3, -0.25) is 9.36 Å². The van der Waals surface area contributed by atoms with Crippen molar-refractivity contribution in [1.29, 1.82) is 0 Å². The van der Waals surface area contributed by atoms with Crippen molar-refractivity contribution in [2.45, 2.75) is 26.8 Å². The number of aryl methyl sites for hydroxylation is 2. The highest BCUT2D eigenvalue weighted by molar-refractivity contribution is 5.84. The first-order chi connectivity index (χ1) is 14.2. The molecule has 0 N–H and O–H groups in total. The summed E-state index contributed by atoms with van der Waals surface area (Å²) in [6.45, 7) is 3.47. The molecule has 7 nitrogen and oxygen atoms in total. The zero-order valence-corrected chi connectivity index (χ0v) is 15.9. The average molecular weight is 416 g/mol. The van der Waals surface area contributed by atoms with Gasteiger partial charge in [0.05, 0.1) is 10.9 Å². The number of halogens is 3. The molecule has 2 aromatic heterocycles. The van der Waals surface area contributed by atoms with Crippen LogP contribution < -0.4 is 10.3 Å².